The molecule has 7 N–H and O–H groups in total. The van der Waals surface area contributed by atoms with Crippen LogP contribution in [0.4, 0.5) is 0 Å². The first-order valence-corrected chi connectivity index (χ1v) is 28.2. The molecule has 0 aromatic rings. The Morgan fingerprint density at radius 1 is 0.515 bits per heavy atom. The highest BCUT2D eigenvalue weighted by molar-refractivity contribution is 5.80. The summed E-state index contributed by atoms with van der Waals surface area (Å²) in [6.07, 6.45) is 47.1. The van der Waals surface area contributed by atoms with E-state index in [1.807, 2.05) is 6.08 Å². The van der Waals surface area contributed by atoms with E-state index in [1.165, 1.54) is 199 Å². The van der Waals surface area contributed by atoms with E-state index in [4.69, 9.17) is 9.47 Å². The summed E-state index contributed by atoms with van der Waals surface area (Å²) >= 11 is 0. The second-order valence-electron chi connectivity index (χ2n) is 19.9. The highest BCUT2D eigenvalue weighted by atomic mass is 16.7. The molecule has 0 aromatic heterocycles. The molecule has 10 nitrogen and oxygen atoms in total. The largest absolute Gasteiger partial charge is 0.394 e. The molecule has 1 fully saturated rings. The van der Waals surface area contributed by atoms with Gasteiger partial charge in [-0.15, -0.1) is 0 Å². The third-order valence-electron chi connectivity index (χ3n) is 13.6. The quantitative estimate of drug-likeness (QED) is 0.0232. The lowest BCUT2D eigenvalue weighted by Crippen LogP contribution is -2.60. The molecule has 66 heavy (non-hydrogen) atoms. The van der Waals surface area contributed by atoms with Gasteiger partial charge in [0, 0.05) is 0 Å². The van der Waals surface area contributed by atoms with Gasteiger partial charge in [-0.1, -0.05) is 244 Å². The number of hydrogen-bond donors (Lipinski definition) is 7. The SMILES string of the molecule is CCCCCCCCCCCCCC/C=C\CCCCCCCCCCCCCC(O)C(=O)NC(COC1OC(CO)C(O)C(O)C1O)C(O)/C=C/CCCCCCCCCCCCCC. The predicted octanol–water partition coefficient (Wildman–Crippen LogP) is 12.4. The van der Waals surface area contributed by atoms with Gasteiger partial charge in [0.2, 0.25) is 5.91 Å². The summed E-state index contributed by atoms with van der Waals surface area (Å²) in [7, 11) is 0. The van der Waals surface area contributed by atoms with Gasteiger partial charge in [-0.2, -0.15) is 0 Å². The van der Waals surface area contributed by atoms with Crippen molar-refractivity contribution >= 4 is 5.91 Å². The second kappa shape index (κ2) is 46.0. The van der Waals surface area contributed by atoms with Gasteiger partial charge in [-0.3, -0.25) is 4.79 Å². The van der Waals surface area contributed by atoms with Gasteiger partial charge in [-0.25, -0.2) is 0 Å². The van der Waals surface area contributed by atoms with Crippen molar-refractivity contribution in [3.63, 3.8) is 0 Å². The monoisotopic (exact) mass is 938 g/mol. The van der Waals surface area contributed by atoms with Crippen LogP contribution in [0, 0.1) is 0 Å². The number of unbranched alkanes of at least 4 members (excludes halogenated alkanes) is 35. The van der Waals surface area contributed by atoms with Crippen molar-refractivity contribution in [2.45, 2.75) is 313 Å². The molecule has 0 spiro atoms. The fourth-order valence-corrected chi connectivity index (χ4v) is 9.04. The van der Waals surface area contributed by atoms with E-state index in [0.717, 1.165) is 44.9 Å². The number of rotatable bonds is 48. The molecular formula is C56H107NO9. The van der Waals surface area contributed by atoms with Gasteiger partial charge in [-0.05, 0) is 44.9 Å². The van der Waals surface area contributed by atoms with E-state index in [9.17, 15) is 35.4 Å². The molecule has 1 amide bonds. The molecule has 10 heteroatoms. The Bertz CT molecular complexity index is 1110. The second-order valence-corrected chi connectivity index (χ2v) is 19.9. The van der Waals surface area contributed by atoms with Crippen LogP contribution in [0.2, 0.25) is 0 Å². The van der Waals surface area contributed by atoms with Gasteiger partial charge in [0.15, 0.2) is 6.29 Å². The van der Waals surface area contributed by atoms with Crippen LogP contribution in [0.25, 0.3) is 0 Å². The average molecular weight is 938 g/mol. The van der Waals surface area contributed by atoms with Crippen molar-refractivity contribution in [3.8, 4) is 0 Å². The number of ether oxygens (including phenoxy) is 2. The minimum absolute atomic E-state index is 0.303. The summed E-state index contributed by atoms with van der Waals surface area (Å²) in [5.41, 5.74) is 0. The minimum Gasteiger partial charge on any atom is -0.394 e. The Hall–Kier alpha value is -1.37. The summed E-state index contributed by atoms with van der Waals surface area (Å²) in [5.74, 6) is -0.614. The smallest absolute Gasteiger partial charge is 0.249 e. The third-order valence-corrected chi connectivity index (χ3v) is 13.6. The van der Waals surface area contributed by atoms with E-state index in [1.54, 1.807) is 6.08 Å². The Kier molecular flexibility index (Phi) is 43.7. The molecule has 0 saturated carbocycles. The molecule has 8 atom stereocenters. The first-order chi connectivity index (χ1) is 32.3. The van der Waals surface area contributed by atoms with Crippen LogP contribution in [0.15, 0.2) is 24.3 Å². The van der Waals surface area contributed by atoms with Gasteiger partial charge >= 0.3 is 0 Å². The Labute approximate surface area is 405 Å². The summed E-state index contributed by atoms with van der Waals surface area (Å²) in [6, 6.07) is -0.978. The van der Waals surface area contributed by atoms with Crippen LogP contribution in [0.5, 0.6) is 0 Å². The highest BCUT2D eigenvalue weighted by Gasteiger charge is 2.44. The molecule has 390 valence electrons. The number of allylic oxidation sites excluding steroid dienone is 3. The Balaban J connectivity index is 2.23. The lowest BCUT2D eigenvalue weighted by molar-refractivity contribution is -0.302. The van der Waals surface area contributed by atoms with E-state index < -0.39 is 61.5 Å². The lowest BCUT2D eigenvalue weighted by atomic mass is 9.99. The number of hydrogen-bond acceptors (Lipinski definition) is 9. The number of nitrogens with one attached hydrogen (secondary N) is 1. The van der Waals surface area contributed by atoms with Crippen LogP contribution in [0.1, 0.15) is 264 Å². The molecule has 1 saturated heterocycles. The van der Waals surface area contributed by atoms with Gasteiger partial charge in [0.1, 0.15) is 30.5 Å². The zero-order valence-corrected chi connectivity index (χ0v) is 42.8. The minimum atomic E-state index is -1.61. The number of aliphatic hydroxyl groups is 6. The molecular weight excluding hydrogens is 831 g/mol. The highest BCUT2D eigenvalue weighted by Crippen LogP contribution is 2.23. The fourth-order valence-electron chi connectivity index (χ4n) is 9.04. The number of amides is 1. The third kappa shape index (κ3) is 34.8. The first-order valence-electron chi connectivity index (χ1n) is 28.2. The normalized spacial score (nSPS) is 20.4. The maximum absolute atomic E-state index is 13.1. The van der Waals surface area contributed by atoms with Crippen LogP contribution in [-0.2, 0) is 14.3 Å². The van der Waals surface area contributed by atoms with Gasteiger partial charge < -0.3 is 45.4 Å². The van der Waals surface area contributed by atoms with Crippen molar-refractivity contribution in [2.75, 3.05) is 13.2 Å². The molecule has 8 unspecified atom stereocenters. The van der Waals surface area contributed by atoms with E-state index >= 15 is 0 Å². The molecule has 1 rings (SSSR count). The molecule has 1 heterocycles. The molecule has 0 aliphatic carbocycles. The maximum atomic E-state index is 13.1. The maximum Gasteiger partial charge on any atom is 0.249 e. The molecule has 0 radical (unpaired) electrons. The van der Waals surface area contributed by atoms with Gasteiger partial charge in [0.05, 0.1) is 25.4 Å². The van der Waals surface area contributed by atoms with Crippen molar-refractivity contribution < 1.29 is 44.9 Å². The van der Waals surface area contributed by atoms with Crippen molar-refractivity contribution in [1.29, 1.82) is 0 Å². The van der Waals surface area contributed by atoms with Crippen LogP contribution < -0.4 is 5.32 Å². The summed E-state index contributed by atoms with van der Waals surface area (Å²) < 4.78 is 11.2. The van der Waals surface area contributed by atoms with Crippen molar-refractivity contribution in [1.82, 2.24) is 5.32 Å². The summed E-state index contributed by atoms with van der Waals surface area (Å²) in [6.45, 7) is 3.63. The number of carbonyl (C=O) groups is 1. The number of aliphatic hydroxyl groups excluding tert-OH is 6. The van der Waals surface area contributed by atoms with Crippen LogP contribution >= 0.6 is 0 Å². The lowest BCUT2D eigenvalue weighted by Gasteiger charge is -2.40. The molecule has 1 aliphatic heterocycles. The topological polar surface area (TPSA) is 169 Å². The Morgan fingerprint density at radius 3 is 1.27 bits per heavy atom. The van der Waals surface area contributed by atoms with E-state index in [0.29, 0.717) is 6.42 Å². The van der Waals surface area contributed by atoms with Crippen molar-refractivity contribution in [3.05, 3.63) is 24.3 Å². The predicted molar refractivity (Wildman–Crippen MR) is 273 cm³/mol. The fraction of sp³-hybridized carbons (Fsp3) is 0.911. The molecule has 1 aliphatic rings. The van der Waals surface area contributed by atoms with Gasteiger partial charge in [0.25, 0.3) is 0 Å². The summed E-state index contributed by atoms with van der Waals surface area (Å²) in [5, 5.41) is 64.9. The zero-order chi connectivity index (χ0) is 48.1. The summed E-state index contributed by atoms with van der Waals surface area (Å²) in [4.78, 5) is 13.1. The van der Waals surface area contributed by atoms with Crippen LogP contribution in [-0.4, -0.2) is 98.7 Å². The zero-order valence-electron chi connectivity index (χ0n) is 42.8. The van der Waals surface area contributed by atoms with Crippen LogP contribution in [0.3, 0.4) is 0 Å². The number of carbonyl (C=O) groups excluding carboxylic acids is 1. The molecule has 0 aromatic carbocycles. The van der Waals surface area contributed by atoms with E-state index in [2.05, 4.69) is 31.3 Å². The van der Waals surface area contributed by atoms with Crippen molar-refractivity contribution in [2.24, 2.45) is 0 Å². The first kappa shape index (κ1) is 62.6. The molecule has 0 bridgehead atoms. The Morgan fingerprint density at radius 2 is 0.879 bits per heavy atom. The van der Waals surface area contributed by atoms with E-state index in [-0.39, 0.29) is 6.61 Å². The average Bonchev–Trinajstić information content (AvgIpc) is 3.32. The standard InChI is InChI=1S/C56H107NO9/c1-3-5-7-9-11-13-15-17-19-20-21-22-23-24-25-26-27-28-29-30-31-33-35-37-39-41-43-45-50(60)55(64)57-48(47-65-56-54(63)53(62)52(61)51(46-58)66-56)49(59)44-42-40-38-36-34-32-18-16-14-12-10-8-6-4-2/h24-25,42,44,48-54,56,58-63H,3-23,26-41,43,45-47H2,1-2H3,(H,57,64)/b25-24-,44-42+.